The first kappa shape index (κ1) is 8.35. The predicted octanol–water partition coefficient (Wildman–Crippen LogP) is -2.42. The Morgan fingerprint density at radius 3 is 2.11 bits per heavy atom. The molecule has 0 aliphatic heterocycles. The molecule has 0 heterocycles. The number of carbonyl (C=O) groups excluding carboxylic acids is 1. The number of hydrazine groups is 1. The highest BCUT2D eigenvalue weighted by atomic mass is 16.3. The molecule has 5 heteroatoms. The highest BCUT2D eigenvalue weighted by Crippen LogP contribution is 1.90. The van der Waals surface area contributed by atoms with Gasteiger partial charge in [0.15, 0.2) is 0 Å². The van der Waals surface area contributed by atoms with Crippen LogP contribution < -0.4 is 11.3 Å². The number of nitrogens with one attached hydrogen (secondary N) is 1. The van der Waals surface area contributed by atoms with Crippen molar-refractivity contribution in [3.05, 3.63) is 0 Å². The Morgan fingerprint density at radius 2 is 2.00 bits per heavy atom. The van der Waals surface area contributed by atoms with Crippen LogP contribution in [0.5, 0.6) is 0 Å². The van der Waals surface area contributed by atoms with E-state index in [1.54, 1.807) is 0 Å². The van der Waals surface area contributed by atoms with Crippen molar-refractivity contribution in [1.82, 2.24) is 5.43 Å². The van der Waals surface area contributed by atoms with Crippen LogP contribution in [0, 0.1) is 5.92 Å². The number of hydrogen-bond donors (Lipinski definition) is 4. The lowest BCUT2D eigenvalue weighted by Gasteiger charge is -2.06. The van der Waals surface area contributed by atoms with Crippen molar-refractivity contribution in [1.29, 1.82) is 0 Å². The zero-order valence-corrected chi connectivity index (χ0v) is 4.87. The minimum atomic E-state index is -0.796. The average Bonchev–Trinajstić information content (AvgIpc) is 1.90. The molecule has 0 unspecified atom stereocenters. The van der Waals surface area contributed by atoms with E-state index in [9.17, 15) is 4.79 Å². The summed E-state index contributed by atoms with van der Waals surface area (Å²) in [5.74, 6) is 3.35. The molecule has 9 heavy (non-hydrogen) atoms. The molecule has 5 nitrogen and oxygen atoms in total. The number of aliphatic hydroxyl groups excluding tert-OH is 2. The van der Waals surface area contributed by atoms with Gasteiger partial charge in [-0.2, -0.15) is 0 Å². The van der Waals surface area contributed by atoms with Crippen LogP contribution in [0.1, 0.15) is 0 Å². The molecule has 5 N–H and O–H groups in total. The van der Waals surface area contributed by atoms with E-state index >= 15 is 0 Å². The molecule has 1 amide bonds. The van der Waals surface area contributed by atoms with Gasteiger partial charge in [0.1, 0.15) is 0 Å². The molecule has 0 saturated carbocycles. The number of carbonyl (C=O) groups is 1. The molecular weight excluding hydrogens is 124 g/mol. The molecule has 54 valence electrons. The average molecular weight is 134 g/mol. The third-order valence-electron chi connectivity index (χ3n) is 0.954. The van der Waals surface area contributed by atoms with E-state index in [0.29, 0.717) is 0 Å². The molecule has 0 aliphatic carbocycles. The Kier molecular flexibility index (Phi) is 3.94. The third kappa shape index (κ3) is 2.41. The van der Waals surface area contributed by atoms with Gasteiger partial charge >= 0.3 is 0 Å². The summed E-state index contributed by atoms with van der Waals surface area (Å²) < 4.78 is 0. The Balaban J connectivity index is 3.64. The van der Waals surface area contributed by atoms with Gasteiger partial charge in [-0.3, -0.25) is 10.2 Å². The van der Waals surface area contributed by atoms with Gasteiger partial charge in [-0.25, -0.2) is 5.84 Å². The van der Waals surface area contributed by atoms with Gasteiger partial charge in [0.2, 0.25) is 5.91 Å². The Hall–Kier alpha value is -0.650. The fourth-order valence-corrected chi connectivity index (χ4v) is 0.341. The van der Waals surface area contributed by atoms with Gasteiger partial charge in [0, 0.05) is 0 Å². The maximum atomic E-state index is 10.4. The Labute approximate surface area is 52.4 Å². The van der Waals surface area contributed by atoms with Crippen molar-refractivity contribution in [3.8, 4) is 0 Å². The highest BCUT2D eigenvalue weighted by Gasteiger charge is 2.13. The van der Waals surface area contributed by atoms with E-state index in [2.05, 4.69) is 0 Å². The Bertz CT molecular complexity index is 91.8. The Morgan fingerprint density at radius 1 is 1.56 bits per heavy atom. The molecule has 0 spiro atoms. The molecule has 0 aliphatic rings. The van der Waals surface area contributed by atoms with Crippen LogP contribution in [-0.2, 0) is 4.79 Å². The fourth-order valence-electron chi connectivity index (χ4n) is 0.341. The van der Waals surface area contributed by atoms with Gasteiger partial charge in [0.05, 0.1) is 19.1 Å². The molecule has 0 rings (SSSR count). The normalized spacial score (nSPS) is 9.78. The summed E-state index contributed by atoms with van der Waals surface area (Å²) >= 11 is 0. The first-order chi connectivity index (χ1) is 4.26. The second-order valence-corrected chi connectivity index (χ2v) is 1.57. The van der Waals surface area contributed by atoms with E-state index in [-0.39, 0.29) is 13.2 Å². The number of nitrogens with two attached hydrogens (primary N) is 1. The lowest BCUT2D eigenvalue weighted by Crippen LogP contribution is -2.38. The smallest absolute Gasteiger partial charge is 0.241 e. The second-order valence-electron chi connectivity index (χ2n) is 1.57. The molecule has 0 saturated heterocycles. The van der Waals surface area contributed by atoms with Crippen LogP contribution in [0.4, 0.5) is 0 Å². The van der Waals surface area contributed by atoms with Crippen LogP contribution in [0.2, 0.25) is 0 Å². The van der Waals surface area contributed by atoms with Crippen molar-refractivity contribution in [3.63, 3.8) is 0 Å². The highest BCUT2D eigenvalue weighted by molar-refractivity contribution is 5.78. The molecule has 0 aromatic heterocycles. The van der Waals surface area contributed by atoms with Crippen molar-refractivity contribution in [2.24, 2.45) is 11.8 Å². The van der Waals surface area contributed by atoms with Crippen LogP contribution >= 0.6 is 0 Å². The maximum absolute atomic E-state index is 10.4. The largest absolute Gasteiger partial charge is 0.395 e. The van der Waals surface area contributed by atoms with Gasteiger partial charge in [0.25, 0.3) is 0 Å². The standard InChI is InChI=1S/C4H10N2O3/c5-6-4(9)3(1-7)2-8/h3,7-8H,1-2,5H2,(H,6,9). The molecule has 0 aromatic carbocycles. The first-order valence-electron chi connectivity index (χ1n) is 2.48. The number of amides is 1. The predicted molar refractivity (Wildman–Crippen MR) is 30.0 cm³/mol. The van der Waals surface area contributed by atoms with Gasteiger partial charge in [-0.05, 0) is 0 Å². The lowest BCUT2D eigenvalue weighted by atomic mass is 10.2. The van der Waals surface area contributed by atoms with E-state index in [4.69, 9.17) is 16.1 Å². The number of aliphatic hydroxyl groups is 2. The summed E-state index contributed by atoms with van der Waals surface area (Å²) in [4.78, 5) is 10.4. The maximum Gasteiger partial charge on any atom is 0.241 e. The van der Waals surface area contributed by atoms with Crippen LogP contribution in [0.3, 0.4) is 0 Å². The van der Waals surface area contributed by atoms with E-state index in [1.165, 1.54) is 0 Å². The molecule has 0 fully saturated rings. The van der Waals surface area contributed by atoms with Crippen LogP contribution in [0.15, 0.2) is 0 Å². The number of rotatable bonds is 3. The minimum absolute atomic E-state index is 0.389. The second kappa shape index (κ2) is 4.25. The topological polar surface area (TPSA) is 95.6 Å². The van der Waals surface area contributed by atoms with Crippen LogP contribution in [-0.4, -0.2) is 29.3 Å². The zero-order valence-electron chi connectivity index (χ0n) is 4.87. The SMILES string of the molecule is NNC(=O)C(CO)CO. The zero-order chi connectivity index (χ0) is 7.28. The van der Waals surface area contributed by atoms with Gasteiger partial charge in [-0.1, -0.05) is 0 Å². The first-order valence-corrected chi connectivity index (χ1v) is 2.48. The van der Waals surface area contributed by atoms with E-state index < -0.39 is 11.8 Å². The molecule has 0 atom stereocenters. The molecule has 0 aromatic rings. The van der Waals surface area contributed by atoms with Gasteiger partial charge < -0.3 is 10.2 Å². The van der Waals surface area contributed by atoms with Crippen LogP contribution in [0.25, 0.3) is 0 Å². The lowest BCUT2D eigenvalue weighted by molar-refractivity contribution is -0.127. The summed E-state index contributed by atoms with van der Waals surface area (Å²) in [7, 11) is 0. The quantitative estimate of drug-likeness (QED) is 0.196. The summed E-state index contributed by atoms with van der Waals surface area (Å²) in [6, 6.07) is 0. The fraction of sp³-hybridized carbons (Fsp3) is 0.750. The van der Waals surface area contributed by atoms with Crippen molar-refractivity contribution < 1.29 is 15.0 Å². The van der Waals surface area contributed by atoms with Crippen molar-refractivity contribution >= 4 is 5.91 Å². The molecule has 0 bridgehead atoms. The molecular formula is C4H10N2O3. The third-order valence-corrected chi connectivity index (χ3v) is 0.954. The summed E-state index contributed by atoms with van der Waals surface area (Å²) in [6.45, 7) is -0.779. The molecule has 0 radical (unpaired) electrons. The monoisotopic (exact) mass is 134 g/mol. The summed E-state index contributed by atoms with van der Waals surface area (Å²) in [5.41, 5.74) is 1.81. The van der Waals surface area contributed by atoms with E-state index in [1.807, 2.05) is 5.43 Å². The summed E-state index contributed by atoms with van der Waals surface area (Å²) in [6.07, 6.45) is 0. The van der Waals surface area contributed by atoms with Crippen molar-refractivity contribution in [2.45, 2.75) is 0 Å². The van der Waals surface area contributed by atoms with E-state index in [0.717, 1.165) is 0 Å². The summed E-state index contributed by atoms with van der Waals surface area (Å²) in [5, 5.41) is 16.7. The van der Waals surface area contributed by atoms with Crippen molar-refractivity contribution in [2.75, 3.05) is 13.2 Å². The van der Waals surface area contributed by atoms with Gasteiger partial charge in [-0.15, -0.1) is 0 Å². The number of hydrogen-bond acceptors (Lipinski definition) is 4. The minimum Gasteiger partial charge on any atom is -0.395 e.